The van der Waals surface area contributed by atoms with Crippen LogP contribution in [0.3, 0.4) is 0 Å². The van der Waals surface area contributed by atoms with Crippen LogP contribution in [0.25, 0.3) is 5.69 Å². The molecule has 2 aromatic heterocycles. The molecule has 3 aromatic rings. The van der Waals surface area contributed by atoms with Crippen molar-refractivity contribution >= 4 is 11.6 Å². The standard InChI is InChI=1S/C16H17N5O2/c1-10-11(2)21(9-18-10)13-5-3-12(4-6-13)19-16(22)14-8-23-15(7-17)20-14/h3-6,8-9H,7,17H2,1-2H3,(H,19,22). The van der Waals surface area contributed by atoms with E-state index in [1.807, 2.05) is 42.7 Å². The molecule has 3 N–H and O–H groups in total. The number of aromatic nitrogens is 3. The molecule has 0 fully saturated rings. The summed E-state index contributed by atoms with van der Waals surface area (Å²) in [6, 6.07) is 7.48. The Morgan fingerprint density at radius 1 is 1.30 bits per heavy atom. The van der Waals surface area contributed by atoms with Gasteiger partial charge in [0.2, 0.25) is 5.89 Å². The van der Waals surface area contributed by atoms with Crippen molar-refractivity contribution in [1.82, 2.24) is 14.5 Å². The van der Waals surface area contributed by atoms with E-state index >= 15 is 0 Å². The first-order valence-electron chi connectivity index (χ1n) is 7.15. The third-order valence-electron chi connectivity index (χ3n) is 3.61. The van der Waals surface area contributed by atoms with Crippen LogP contribution in [0.1, 0.15) is 27.8 Å². The van der Waals surface area contributed by atoms with Gasteiger partial charge in [-0.1, -0.05) is 0 Å². The van der Waals surface area contributed by atoms with Crippen LogP contribution in [-0.4, -0.2) is 20.4 Å². The fraction of sp³-hybridized carbons (Fsp3) is 0.188. The third kappa shape index (κ3) is 3.00. The van der Waals surface area contributed by atoms with Crippen molar-refractivity contribution in [2.45, 2.75) is 20.4 Å². The van der Waals surface area contributed by atoms with Gasteiger partial charge in [0.15, 0.2) is 5.69 Å². The van der Waals surface area contributed by atoms with Gasteiger partial charge in [-0.15, -0.1) is 0 Å². The Morgan fingerprint density at radius 2 is 2.04 bits per heavy atom. The minimum atomic E-state index is -0.337. The lowest BCUT2D eigenvalue weighted by atomic mass is 10.2. The molecule has 0 radical (unpaired) electrons. The summed E-state index contributed by atoms with van der Waals surface area (Å²) in [4.78, 5) is 20.3. The number of nitrogens with zero attached hydrogens (tertiary/aromatic N) is 3. The van der Waals surface area contributed by atoms with E-state index < -0.39 is 0 Å². The van der Waals surface area contributed by atoms with Crippen molar-refractivity contribution in [2.24, 2.45) is 5.73 Å². The number of carbonyl (C=O) groups excluding carboxylic acids is 1. The predicted octanol–water partition coefficient (Wildman–Crippen LogP) is 2.19. The zero-order valence-electron chi connectivity index (χ0n) is 12.9. The zero-order valence-corrected chi connectivity index (χ0v) is 12.9. The maximum atomic E-state index is 12.1. The highest BCUT2D eigenvalue weighted by molar-refractivity contribution is 6.02. The van der Waals surface area contributed by atoms with E-state index in [1.54, 1.807) is 6.33 Å². The van der Waals surface area contributed by atoms with E-state index in [9.17, 15) is 4.79 Å². The molecule has 7 nitrogen and oxygen atoms in total. The summed E-state index contributed by atoms with van der Waals surface area (Å²) in [5.41, 5.74) is 9.33. The van der Waals surface area contributed by atoms with Gasteiger partial charge in [0.25, 0.3) is 5.91 Å². The maximum absolute atomic E-state index is 12.1. The molecular formula is C16H17N5O2. The van der Waals surface area contributed by atoms with Gasteiger partial charge < -0.3 is 20.0 Å². The first kappa shape index (κ1) is 15.0. The Balaban J connectivity index is 1.74. The summed E-state index contributed by atoms with van der Waals surface area (Å²) in [7, 11) is 0. The van der Waals surface area contributed by atoms with Gasteiger partial charge in [-0.2, -0.15) is 0 Å². The molecule has 0 spiro atoms. The summed E-state index contributed by atoms with van der Waals surface area (Å²) in [6.07, 6.45) is 3.07. The van der Waals surface area contributed by atoms with E-state index in [0.717, 1.165) is 17.1 Å². The number of nitrogens with one attached hydrogen (secondary N) is 1. The van der Waals surface area contributed by atoms with E-state index in [-0.39, 0.29) is 18.1 Å². The van der Waals surface area contributed by atoms with Crippen molar-refractivity contribution < 1.29 is 9.21 Å². The lowest BCUT2D eigenvalue weighted by Gasteiger charge is -2.07. The van der Waals surface area contributed by atoms with Crippen LogP contribution in [0.5, 0.6) is 0 Å². The number of anilines is 1. The first-order valence-corrected chi connectivity index (χ1v) is 7.15. The van der Waals surface area contributed by atoms with Gasteiger partial charge in [0.05, 0.1) is 18.6 Å². The minimum Gasteiger partial charge on any atom is -0.447 e. The second kappa shape index (κ2) is 6.05. The normalized spacial score (nSPS) is 10.7. The van der Waals surface area contributed by atoms with Gasteiger partial charge in [-0.05, 0) is 38.1 Å². The molecule has 118 valence electrons. The predicted molar refractivity (Wildman–Crippen MR) is 85.4 cm³/mol. The molecule has 2 heterocycles. The summed E-state index contributed by atoms with van der Waals surface area (Å²) >= 11 is 0. The zero-order chi connectivity index (χ0) is 16.4. The smallest absolute Gasteiger partial charge is 0.277 e. The van der Waals surface area contributed by atoms with E-state index in [0.29, 0.717) is 11.6 Å². The van der Waals surface area contributed by atoms with Crippen molar-refractivity contribution in [2.75, 3.05) is 5.32 Å². The Kier molecular flexibility index (Phi) is 3.94. The average molecular weight is 311 g/mol. The summed E-state index contributed by atoms with van der Waals surface area (Å²) in [6.45, 7) is 4.14. The number of nitrogens with two attached hydrogens (primary N) is 1. The van der Waals surface area contributed by atoms with Gasteiger partial charge in [-0.25, -0.2) is 9.97 Å². The van der Waals surface area contributed by atoms with Crippen LogP contribution in [0.15, 0.2) is 41.3 Å². The van der Waals surface area contributed by atoms with Crippen LogP contribution >= 0.6 is 0 Å². The molecule has 0 bridgehead atoms. The Morgan fingerprint density at radius 3 is 2.61 bits per heavy atom. The number of imidazole rings is 1. The fourth-order valence-corrected chi connectivity index (χ4v) is 2.17. The van der Waals surface area contributed by atoms with Crippen LogP contribution in [-0.2, 0) is 6.54 Å². The lowest BCUT2D eigenvalue weighted by molar-refractivity contribution is 0.102. The molecule has 23 heavy (non-hydrogen) atoms. The Bertz CT molecular complexity index is 833. The first-order chi connectivity index (χ1) is 11.1. The highest BCUT2D eigenvalue weighted by Crippen LogP contribution is 2.17. The van der Waals surface area contributed by atoms with E-state index in [2.05, 4.69) is 15.3 Å². The van der Waals surface area contributed by atoms with Gasteiger partial charge in [-0.3, -0.25) is 4.79 Å². The highest BCUT2D eigenvalue weighted by atomic mass is 16.3. The molecule has 0 saturated carbocycles. The number of rotatable bonds is 4. The molecule has 0 saturated heterocycles. The number of amides is 1. The maximum Gasteiger partial charge on any atom is 0.277 e. The van der Waals surface area contributed by atoms with Gasteiger partial charge >= 0.3 is 0 Å². The molecule has 1 amide bonds. The number of hydrogen-bond donors (Lipinski definition) is 2. The number of aryl methyl sites for hydroxylation is 1. The van der Waals surface area contributed by atoms with Crippen molar-refractivity contribution in [3.8, 4) is 5.69 Å². The molecule has 0 aliphatic rings. The number of hydrogen-bond acceptors (Lipinski definition) is 5. The molecule has 1 aromatic carbocycles. The second-order valence-electron chi connectivity index (χ2n) is 5.12. The largest absolute Gasteiger partial charge is 0.447 e. The molecule has 0 aliphatic carbocycles. The van der Waals surface area contributed by atoms with Crippen molar-refractivity contribution in [3.05, 3.63) is 59.8 Å². The van der Waals surface area contributed by atoms with Crippen LogP contribution in [0.2, 0.25) is 0 Å². The van der Waals surface area contributed by atoms with E-state index in [4.69, 9.17) is 10.2 Å². The Labute approximate surface area is 133 Å². The highest BCUT2D eigenvalue weighted by Gasteiger charge is 2.12. The van der Waals surface area contributed by atoms with Gasteiger partial charge in [0, 0.05) is 17.1 Å². The Hall–Kier alpha value is -2.93. The molecule has 0 unspecified atom stereocenters. The van der Waals surface area contributed by atoms with Crippen LogP contribution < -0.4 is 11.1 Å². The van der Waals surface area contributed by atoms with Gasteiger partial charge in [0.1, 0.15) is 6.26 Å². The van der Waals surface area contributed by atoms with Crippen LogP contribution in [0, 0.1) is 13.8 Å². The quantitative estimate of drug-likeness (QED) is 0.769. The number of benzene rings is 1. The van der Waals surface area contributed by atoms with E-state index in [1.165, 1.54) is 6.26 Å². The van der Waals surface area contributed by atoms with Crippen molar-refractivity contribution in [1.29, 1.82) is 0 Å². The monoisotopic (exact) mass is 311 g/mol. The fourth-order valence-electron chi connectivity index (χ4n) is 2.17. The molecular weight excluding hydrogens is 294 g/mol. The summed E-state index contributed by atoms with van der Waals surface area (Å²) < 4.78 is 7.05. The molecule has 0 atom stereocenters. The van der Waals surface area contributed by atoms with Crippen molar-refractivity contribution in [3.63, 3.8) is 0 Å². The summed E-state index contributed by atoms with van der Waals surface area (Å²) in [5, 5.41) is 2.77. The average Bonchev–Trinajstić information content (AvgIpc) is 3.16. The second-order valence-corrected chi connectivity index (χ2v) is 5.12. The summed E-state index contributed by atoms with van der Waals surface area (Å²) in [5.74, 6) is -0.00712. The van der Waals surface area contributed by atoms with Crippen LogP contribution in [0.4, 0.5) is 5.69 Å². The minimum absolute atomic E-state index is 0.158. The number of carbonyl (C=O) groups is 1. The lowest BCUT2D eigenvalue weighted by Crippen LogP contribution is -2.12. The molecule has 3 rings (SSSR count). The molecule has 0 aliphatic heterocycles. The SMILES string of the molecule is Cc1ncn(-c2ccc(NC(=O)c3coc(CN)n3)cc2)c1C. The number of oxazole rings is 1. The molecule has 7 heteroatoms. The topological polar surface area (TPSA) is 99.0 Å². The third-order valence-corrected chi connectivity index (χ3v) is 3.61.